The van der Waals surface area contributed by atoms with Crippen LogP contribution in [-0.2, 0) is 4.79 Å². The molecule has 7 heavy (non-hydrogen) atoms. The van der Waals surface area contributed by atoms with Crippen LogP contribution in [0.5, 0.6) is 0 Å². The van der Waals surface area contributed by atoms with Crippen LogP contribution in [0.4, 0.5) is 0 Å². The van der Waals surface area contributed by atoms with E-state index in [1.54, 1.807) is 0 Å². The summed E-state index contributed by atoms with van der Waals surface area (Å²) in [4.78, 5) is 10.1. The van der Waals surface area contributed by atoms with Gasteiger partial charge in [0, 0.05) is 5.33 Å². The van der Waals surface area contributed by atoms with Crippen LogP contribution in [0.3, 0.4) is 0 Å². The van der Waals surface area contributed by atoms with Gasteiger partial charge in [0.2, 0.25) is 4.69 Å². The number of carbonyl (C=O) groups excluding carboxylic acids is 1. The lowest BCUT2D eigenvalue weighted by Gasteiger charge is -1.90. The molecule has 0 heterocycles. The van der Waals surface area contributed by atoms with Crippen molar-refractivity contribution in [2.45, 2.75) is 0 Å². The molecule has 0 saturated heterocycles. The van der Waals surface area contributed by atoms with Gasteiger partial charge in [0.15, 0.2) is 0 Å². The van der Waals surface area contributed by atoms with Gasteiger partial charge in [0.05, 0.1) is 6.16 Å². The molecule has 5 heteroatoms. The Morgan fingerprint density at radius 2 is 2.00 bits per heavy atom. The highest BCUT2D eigenvalue weighted by Crippen LogP contribution is 2.51. The minimum Gasteiger partial charge on any atom is -0.286 e. The van der Waals surface area contributed by atoms with Crippen molar-refractivity contribution in [2.24, 2.45) is 0 Å². The Balaban J connectivity index is 3.13. The summed E-state index contributed by atoms with van der Waals surface area (Å²) in [5.74, 6) is 0. The van der Waals surface area contributed by atoms with Crippen molar-refractivity contribution < 1.29 is 4.79 Å². The van der Waals surface area contributed by atoms with E-state index in [0.717, 1.165) is 0 Å². The van der Waals surface area contributed by atoms with Crippen LogP contribution in [0, 0.1) is 0 Å². The fourth-order valence-electron chi connectivity index (χ4n) is 0.0940. The monoisotopic (exact) mass is 310 g/mol. The molecule has 0 aliphatic rings. The van der Waals surface area contributed by atoms with E-state index in [1.165, 1.54) is 0 Å². The smallest absolute Gasteiger partial charge is 0.203 e. The maximum Gasteiger partial charge on any atom is 0.203 e. The van der Waals surface area contributed by atoms with E-state index < -0.39 is 5.33 Å². The summed E-state index contributed by atoms with van der Waals surface area (Å²) < 4.78 is 0.0346. The normalized spacial score (nSPS) is 9.71. The minimum atomic E-state index is -0.411. The number of hydrogen-bond donors (Lipinski definition) is 0. The Bertz CT molecular complexity index is 73.3. The molecule has 0 amide bonds. The Morgan fingerprint density at radius 3 is 2.00 bits per heavy atom. The number of carbonyl (C=O) groups is 1. The third-order valence-corrected chi connectivity index (χ3v) is 2.99. The fourth-order valence-corrected chi connectivity index (χ4v) is 4.42. The highest BCUT2D eigenvalue weighted by atomic mass is 79.9. The Labute approximate surface area is 67.6 Å². The lowest BCUT2D eigenvalue weighted by atomic mass is 10.9. The number of halogens is 3. The molecule has 0 atom stereocenters. The van der Waals surface area contributed by atoms with E-state index in [0.29, 0.717) is 6.16 Å². The van der Waals surface area contributed by atoms with Crippen molar-refractivity contribution >= 4 is 56.9 Å². The molecular weight excluding hydrogens is 311 g/mol. The van der Waals surface area contributed by atoms with E-state index in [9.17, 15) is 4.79 Å². The van der Waals surface area contributed by atoms with Gasteiger partial charge in [-0.25, -0.2) is 0 Å². The van der Waals surface area contributed by atoms with Crippen LogP contribution in [0.15, 0.2) is 0 Å². The van der Waals surface area contributed by atoms with Gasteiger partial charge < -0.3 is 0 Å². The second-order valence-electron chi connectivity index (χ2n) is 0.816. The lowest BCUT2D eigenvalue weighted by Crippen LogP contribution is -1.84. The molecule has 1 nitrogen and oxygen atoms in total. The maximum absolute atomic E-state index is 10.1. The van der Waals surface area contributed by atoms with Gasteiger partial charge in [-0.15, -0.1) is 0 Å². The van der Waals surface area contributed by atoms with E-state index in [-0.39, 0.29) is 4.69 Å². The van der Waals surface area contributed by atoms with E-state index in [1.807, 2.05) is 0 Å². The first-order valence-corrected chi connectivity index (χ1v) is 7.76. The van der Waals surface area contributed by atoms with Crippen LogP contribution in [0.1, 0.15) is 0 Å². The molecule has 0 saturated carbocycles. The van der Waals surface area contributed by atoms with Crippen LogP contribution >= 0.6 is 52.2 Å². The summed E-state index contributed by atoms with van der Waals surface area (Å²) in [6.07, 6.45) is 0.537. The van der Waals surface area contributed by atoms with Crippen LogP contribution in [-0.4, -0.2) is 10.9 Å². The van der Waals surface area contributed by atoms with Crippen molar-refractivity contribution in [2.75, 3.05) is 6.16 Å². The van der Waals surface area contributed by atoms with E-state index in [4.69, 9.17) is 0 Å². The topological polar surface area (TPSA) is 17.1 Å². The predicted octanol–water partition coefficient (Wildman–Crippen LogP) is 3.01. The zero-order valence-corrected chi connectivity index (χ0v) is 8.85. The van der Waals surface area contributed by atoms with Gasteiger partial charge in [-0.05, 0) is 46.9 Å². The van der Waals surface area contributed by atoms with Crippen LogP contribution in [0.2, 0.25) is 0 Å². The molecule has 0 fully saturated rings. The van der Waals surface area contributed by atoms with Gasteiger partial charge in [-0.3, -0.25) is 4.79 Å². The average molecular weight is 313 g/mol. The zero-order valence-electron chi connectivity index (χ0n) is 3.20. The van der Waals surface area contributed by atoms with Crippen molar-refractivity contribution in [3.05, 3.63) is 0 Å². The van der Waals surface area contributed by atoms with Gasteiger partial charge in [-0.1, -0.05) is 0 Å². The van der Waals surface area contributed by atoms with Crippen molar-refractivity contribution in [3.8, 4) is 0 Å². The Hall–Kier alpha value is 1.54. The predicted molar refractivity (Wildman–Crippen MR) is 43.6 cm³/mol. The summed E-state index contributed by atoms with van der Waals surface area (Å²) in [6, 6.07) is 0. The third kappa shape index (κ3) is 7.54. The van der Waals surface area contributed by atoms with Crippen LogP contribution in [0.25, 0.3) is 0 Å². The first-order valence-electron chi connectivity index (χ1n) is 1.40. The van der Waals surface area contributed by atoms with Crippen molar-refractivity contribution in [1.29, 1.82) is 0 Å². The molecule has 0 aromatic heterocycles. The summed E-state index contributed by atoms with van der Waals surface area (Å²) >= 11 is 9.20. The van der Waals surface area contributed by atoms with Gasteiger partial charge in [0.1, 0.15) is 0 Å². The molecule has 0 aliphatic heterocycles. The van der Waals surface area contributed by atoms with Gasteiger partial charge in [0.25, 0.3) is 0 Å². The molecular formula is C2H2Br3OP. The molecule has 0 aliphatic carbocycles. The average Bonchev–Trinajstić information content (AvgIpc) is 1.27. The number of hydrogen-bond acceptors (Lipinski definition) is 1. The first-order chi connectivity index (χ1) is 3.13. The van der Waals surface area contributed by atoms with Crippen molar-refractivity contribution in [1.82, 2.24) is 0 Å². The fraction of sp³-hybridized carbons (Fsp3) is 0.500. The Morgan fingerprint density at radius 1 is 1.57 bits per heavy atom. The summed E-state index contributed by atoms with van der Waals surface area (Å²) in [5.41, 5.74) is 0. The van der Waals surface area contributed by atoms with Crippen LogP contribution < -0.4 is 0 Å². The molecule has 0 N–H and O–H groups in total. The second-order valence-corrected chi connectivity index (χ2v) is 10.6. The molecule has 0 aromatic rings. The van der Waals surface area contributed by atoms with Gasteiger partial charge >= 0.3 is 0 Å². The standard InChI is InChI=1S/C2H2Br3OP/c3-2(6)1-7(4)5/h1H2. The molecule has 0 rings (SSSR count). The summed E-state index contributed by atoms with van der Waals surface area (Å²) in [6.45, 7) is 0. The molecule has 0 aromatic carbocycles. The van der Waals surface area contributed by atoms with E-state index >= 15 is 0 Å². The minimum absolute atomic E-state index is 0.0346. The van der Waals surface area contributed by atoms with E-state index in [2.05, 4.69) is 46.9 Å². The highest BCUT2D eigenvalue weighted by molar-refractivity contribution is 9.69. The largest absolute Gasteiger partial charge is 0.286 e. The molecule has 0 bridgehead atoms. The summed E-state index contributed by atoms with van der Waals surface area (Å²) in [5, 5.41) is -0.411. The first kappa shape index (κ1) is 8.54. The molecule has 42 valence electrons. The lowest BCUT2D eigenvalue weighted by molar-refractivity contribution is -0.108. The molecule has 0 unspecified atom stereocenters. The Kier molecular flexibility index (Phi) is 5.39. The molecule has 0 spiro atoms. The third-order valence-electron chi connectivity index (χ3n) is 0.244. The maximum atomic E-state index is 10.1. The number of rotatable bonds is 2. The molecule has 0 radical (unpaired) electrons. The summed E-state index contributed by atoms with van der Waals surface area (Å²) in [7, 11) is 0. The zero-order chi connectivity index (χ0) is 5.86. The SMILES string of the molecule is O=C(Br)CP(Br)Br. The quantitative estimate of drug-likeness (QED) is 0.566. The highest BCUT2D eigenvalue weighted by Gasteiger charge is 2.00. The van der Waals surface area contributed by atoms with Crippen molar-refractivity contribution in [3.63, 3.8) is 0 Å². The second kappa shape index (κ2) is 4.42. The van der Waals surface area contributed by atoms with Gasteiger partial charge in [-0.2, -0.15) is 0 Å².